The Kier molecular flexibility index (Phi) is 6.19. The van der Waals surface area contributed by atoms with Gasteiger partial charge in [0.2, 0.25) is 0 Å². The highest BCUT2D eigenvalue weighted by Crippen LogP contribution is 2.22. The third kappa shape index (κ3) is 5.64. The summed E-state index contributed by atoms with van der Waals surface area (Å²) >= 11 is 0. The van der Waals surface area contributed by atoms with E-state index in [-0.39, 0.29) is 12.1 Å². The van der Waals surface area contributed by atoms with Crippen molar-refractivity contribution >= 4 is 11.7 Å². The highest BCUT2D eigenvalue weighted by Gasteiger charge is 2.10. The van der Waals surface area contributed by atoms with Crippen LogP contribution in [0.3, 0.4) is 0 Å². The van der Waals surface area contributed by atoms with Gasteiger partial charge in [-0.25, -0.2) is 4.79 Å². The molecular weight excluding hydrogens is 240 g/mol. The van der Waals surface area contributed by atoms with Crippen LogP contribution in [0.1, 0.15) is 33.6 Å². The van der Waals surface area contributed by atoms with Gasteiger partial charge in [0.25, 0.3) is 0 Å². The minimum absolute atomic E-state index is 0.164. The van der Waals surface area contributed by atoms with Crippen molar-refractivity contribution in [3.63, 3.8) is 0 Å². The Morgan fingerprint density at radius 1 is 1.21 bits per heavy atom. The number of carbonyl (C=O) groups excluding carboxylic acids is 1. The number of para-hydroxylation sites is 2. The number of urea groups is 1. The van der Waals surface area contributed by atoms with Gasteiger partial charge in [-0.05, 0) is 37.8 Å². The van der Waals surface area contributed by atoms with E-state index >= 15 is 0 Å². The number of carbonyl (C=O) groups is 1. The summed E-state index contributed by atoms with van der Waals surface area (Å²) in [6.07, 6.45) is 2.09. The van der Waals surface area contributed by atoms with E-state index in [2.05, 4.69) is 24.5 Å². The zero-order valence-corrected chi connectivity index (χ0v) is 12.2. The molecule has 0 saturated carbocycles. The Morgan fingerprint density at radius 3 is 2.53 bits per heavy atom. The molecule has 0 bridgehead atoms. The Morgan fingerprint density at radius 2 is 1.89 bits per heavy atom. The molecule has 0 spiro atoms. The van der Waals surface area contributed by atoms with E-state index in [0.717, 1.165) is 12.8 Å². The van der Waals surface area contributed by atoms with E-state index in [1.807, 2.05) is 31.2 Å². The molecule has 4 heteroatoms. The van der Waals surface area contributed by atoms with Gasteiger partial charge >= 0.3 is 6.03 Å². The van der Waals surface area contributed by atoms with Gasteiger partial charge < -0.3 is 15.4 Å². The molecule has 0 heterocycles. The summed E-state index contributed by atoms with van der Waals surface area (Å²) in [5, 5.41) is 5.73. The van der Waals surface area contributed by atoms with Crippen molar-refractivity contribution in [1.29, 1.82) is 0 Å². The lowest BCUT2D eigenvalue weighted by molar-refractivity contribution is 0.248. The van der Waals surface area contributed by atoms with Gasteiger partial charge in [-0.2, -0.15) is 0 Å². The van der Waals surface area contributed by atoms with E-state index in [9.17, 15) is 4.79 Å². The van der Waals surface area contributed by atoms with E-state index in [0.29, 0.717) is 17.4 Å². The molecule has 19 heavy (non-hydrogen) atoms. The molecule has 1 unspecified atom stereocenters. The third-order valence-corrected chi connectivity index (χ3v) is 2.91. The summed E-state index contributed by atoms with van der Waals surface area (Å²) < 4.78 is 5.19. The molecule has 0 saturated heterocycles. The van der Waals surface area contributed by atoms with Crippen LogP contribution in [0, 0.1) is 5.92 Å². The predicted molar refractivity (Wildman–Crippen MR) is 78.7 cm³/mol. The first-order valence-corrected chi connectivity index (χ1v) is 6.73. The van der Waals surface area contributed by atoms with Crippen LogP contribution in [0.2, 0.25) is 0 Å². The predicted octanol–water partition coefficient (Wildman–Crippen LogP) is 3.64. The molecule has 0 aliphatic rings. The van der Waals surface area contributed by atoms with Crippen LogP contribution in [-0.4, -0.2) is 19.2 Å². The van der Waals surface area contributed by atoms with Crippen LogP contribution >= 0.6 is 0 Å². The van der Waals surface area contributed by atoms with Gasteiger partial charge in [0, 0.05) is 6.04 Å². The van der Waals surface area contributed by atoms with Gasteiger partial charge in [0.05, 0.1) is 12.8 Å². The fraction of sp³-hybridized carbons (Fsp3) is 0.533. The summed E-state index contributed by atoms with van der Waals surface area (Å²) in [6, 6.07) is 7.33. The summed E-state index contributed by atoms with van der Waals surface area (Å²) in [7, 11) is 1.59. The van der Waals surface area contributed by atoms with Gasteiger partial charge in [-0.3, -0.25) is 0 Å². The molecule has 0 aliphatic carbocycles. The maximum atomic E-state index is 11.9. The smallest absolute Gasteiger partial charge is 0.319 e. The van der Waals surface area contributed by atoms with Crippen molar-refractivity contribution in [2.24, 2.45) is 5.92 Å². The molecule has 1 atom stereocenters. The van der Waals surface area contributed by atoms with Gasteiger partial charge in [-0.15, -0.1) is 0 Å². The Labute approximate surface area is 115 Å². The molecule has 1 rings (SSSR count). The van der Waals surface area contributed by atoms with E-state index in [4.69, 9.17) is 4.74 Å². The molecule has 4 nitrogen and oxygen atoms in total. The fourth-order valence-corrected chi connectivity index (χ4v) is 1.79. The molecule has 0 fully saturated rings. The lowest BCUT2D eigenvalue weighted by Gasteiger charge is -2.16. The number of rotatable bonds is 6. The second-order valence-electron chi connectivity index (χ2n) is 5.17. The number of hydrogen-bond acceptors (Lipinski definition) is 2. The first kappa shape index (κ1) is 15.3. The normalized spacial score (nSPS) is 12.1. The highest BCUT2D eigenvalue weighted by atomic mass is 16.5. The average molecular weight is 264 g/mol. The van der Waals surface area contributed by atoms with Gasteiger partial charge in [0.1, 0.15) is 5.75 Å². The van der Waals surface area contributed by atoms with Crippen LogP contribution in [0.4, 0.5) is 10.5 Å². The number of nitrogens with one attached hydrogen (secondary N) is 2. The standard InChI is InChI=1S/C15H24N2O2/c1-11(2)9-10-12(3)16-15(18)17-13-7-5-6-8-14(13)19-4/h5-8,11-12H,9-10H2,1-4H3,(H2,16,17,18). The van der Waals surface area contributed by atoms with Crippen LogP contribution < -0.4 is 15.4 Å². The maximum Gasteiger partial charge on any atom is 0.319 e. The summed E-state index contributed by atoms with van der Waals surface area (Å²) in [5.74, 6) is 1.31. The molecular formula is C15H24N2O2. The molecule has 106 valence electrons. The molecule has 0 radical (unpaired) electrons. The van der Waals surface area contributed by atoms with Gasteiger partial charge in [0.15, 0.2) is 0 Å². The SMILES string of the molecule is COc1ccccc1NC(=O)NC(C)CCC(C)C. The van der Waals surface area contributed by atoms with Gasteiger partial charge in [-0.1, -0.05) is 26.0 Å². The van der Waals surface area contributed by atoms with E-state index < -0.39 is 0 Å². The summed E-state index contributed by atoms with van der Waals surface area (Å²) in [6.45, 7) is 6.38. The van der Waals surface area contributed by atoms with E-state index in [1.54, 1.807) is 7.11 Å². The monoisotopic (exact) mass is 264 g/mol. The second-order valence-corrected chi connectivity index (χ2v) is 5.17. The molecule has 0 aliphatic heterocycles. The largest absolute Gasteiger partial charge is 0.495 e. The average Bonchev–Trinajstić information content (AvgIpc) is 2.37. The zero-order valence-electron chi connectivity index (χ0n) is 12.2. The minimum atomic E-state index is -0.194. The summed E-state index contributed by atoms with van der Waals surface area (Å²) in [4.78, 5) is 11.9. The summed E-state index contributed by atoms with van der Waals surface area (Å²) in [5.41, 5.74) is 0.679. The molecule has 2 amide bonds. The fourth-order valence-electron chi connectivity index (χ4n) is 1.79. The van der Waals surface area contributed by atoms with Crippen molar-refractivity contribution in [1.82, 2.24) is 5.32 Å². The molecule has 1 aromatic rings. The number of methoxy groups -OCH3 is 1. The van der Waals surface area contributed by atoms with Crippen molar-refractivity contribution < 1.29 is 9.53 Å². The number of ether oxygens (including phenoxy) is 1. The van der Waals surface area contributed by atoms with Crippen LogP contribution in [0.25, 0.3) is 0 Å². The van der Waals surface area contributed by atoms with Crippen molar-refractivity contribution in [3.8, 4) is 5.75 Å². The van der Waals surface area contributed by atoms with Crippen molar-refractivity contribution in [2.45, 2.75) is 39.7 Å². The molecule has 1 aromatic carbocycles. The van der Waals surface area contributed by atoms with Crippen LogP contribution in [0.5, 0.6) is 5.75 Å². The lowest BCUT2D eigenvalue weighted by Crippen LogP contribution is -2.36. The minimum Gasteiger partial charge on any atom is -0.495 e. The number of amides is 2. The zero-order chi connectivity index (χ0) is 14.3. The maximum absolute atomic E-state index is 11.9. The van der Waals surface area contributed by atoms with Crippen molar-refractivity contribution in [2.75, 3.05) is 12.4 Å². The third-order valence-electron chi connectivity index (χ3n) is 2.91. The first-order valence-electron chi connectivity index (χ1n) is 6.73. The number of anilines is 1. The first-order chi connectivity index (χ1) is 9.02. The van der Waals surface area contributed by atoms with Crippen LogP contribution in [-0.2, 0) is 0 Å². The van der Waals surface area contributed by atoms with E-state index in [1.165, 1.54) is 0 Å². The Balaban J connectivity index is 2.46. The highest BCUT2D eigenvalue weighted by molar-refractivity contribution is 5.91. The number of benzene rings is 1. The lowest BCUT2D eigenvalue weighted by atomic mass is 10.0. The topological polar surface area (TPSA) is 50.4 Å². The quantitative estimate of drug-likeness (QED) is 0.824. The van der Waals surface area contributed by atoms with Crippen molar-refractivity contribution in [3.05, 3.63) is 24.3 Å². The Hall–Kier alpha value is -1.71. The second kappa shape index (κ2) is 7.67. The Bertz CT molecular complexity index is 405. The van der Waals surface area contributed by atoms with Crippen LogP contribution in [0.15, 0.2) is 24.3 Å². The molecule has 2 N–H and O–H groups in total. The number of hydrogen-bond donors (Lipinski definition) is 2. The molecule has 0 aromatic heterocycles.